The Balaban J connectivity index is 1.12. The highest BCUT2D eigenvalue weighted by atomic mass is 16.5. The summed E-state index contributed by atoms with van der Waals surface area (Å²) in [5.74, 6) is 1.75. The lowest BCUT2D eigenvalue weighted by Gasteiger charge is -2.41. The number of aromatic amines is 2. The van der Waals surface area contributed by atoms with Crippen molar-refractivity contribution in [2.45, 2.75) is 11.6 Å². The number of aromatic nitrogens is 2. The van der Waals surface area contributed by atoms with E-state index >= 15 is 0 Å². The van der Waals surface area contributed by atoms with Gasteiger partial charge < -0.3 is 20.0 Å². The number of nitrogens with zero attached hydrogens (tertiary/aromatic N) is 1. The van der Waals surface area contributed by atoms with Gasteiger partial charge in [-0.25, -0.2) is 0 Å². The van der Waals surface area contributed by atoms with E-state index in [4.69, 9.17) is 9.73 Å². The van der Waals surface area contributed by atoms with Crippen LogP contribution < -0.4 is 10.1 Å². The molecule has 0 saturated heterocycles. The summed E-state index contributed by atoms with van der Waals surface area (Å²) in [6.45, 7) is 0. The number of H-pyrrole nitrogens is 2. The number of hydrogen-bond donors (Lipinski definition) is 3. The van der Waals surface area contributed by atoms with Gasteiger partial charge in [-0.1, -0.05) is 127 Å². The molecule has 0 amide bonds. The van der Waals surface area contributed by atoms with E-state index in [2.05, 4.69) is 173 Å². The van der Waals surface area contributed by atoms with Gasteiger partial charge in [0.2, 0.25) is 0 Å². The Bertz CT molecular complexity index is 2710. The number of fused-ring (bicyclic) bond motifs is 9. The first kappa shape index (κ1) is 30.5. The van der Waals surface area contributed by atoms with Crippen LogP contribution in [-0.4, -0.2) is 15.7 Å². The van der Waals surface area contributed by atoms with Crippen molar-refractivity contribution in [2.24, 2.45) is 4.99 Å². The molecule has 256 valence electrons. The molecule has 1 atom stereocenters. The highest BCUT2D eigenvalue weighted by molar-refractivity contribution is 6.13. The fourth-order valence-corrected chi connectivity index (χ4v) is 8.85. The van der Waals surface area contributed by atoms with Gasteiger partial charge in [0.1, 0.15) is 17.7 Å². The molecule has 2 aliphatic heterocycles. The van der Waals surface area contributed by atoms with Crippen molar-refractivity contribution in [3.05, 3.63) is 221 Å². The van der Waals surface area contributed by atoms with Gasteiger partial charge in [0.25, 0.3) is 0 Å². The van der Waals surface area contributed by atoms with E-state index in [-0.39, 0.29) is 6.17 Å². The second-order valence-electron chi connectivity index (χ2n) is 14.1. The fourth-order valence-electron chi connectivity index (χ4n) is 8.85. The summed E-state index contributed by atoms with van der Waals surface area (Å²) in [5.41, 5.74) is 16.3. The lowest BCUT2D eigenvalue weighted by Crippen LogP contribution is -2.35. The highest BCUT2D eigenvalue weighted by Gasteiger charge is 2.52. The van der Waals surface area contributed by atoms with Crippen LogP contribution in [0.25, 0.3) is 39.3 Å². The molecule has 0 radical (unpaired) electrons. The summed E-state index contributed by atoms with van der Waals surface area (Å²) in [5, 5.41) is 3.93. The van der Waals surface area contributed by atoms with Gasteiger partial charge in [0.05, 0.1) is 11.1 Å². The maximum Gasteiger partial charge on any atom is 0.145 e. The quantitative estimate of drug-likeness (QED) is 0.168. The average molecular weight is 695 g/mol. The molecule has 6 aromatic carbocycles. The SMILES string of the molecule is C1=C(c2ccc(-c3ccc[nH]3)cc2)NC(c2cccc3c2C2(c4ccccc4Oc4ccccc42)c2ccccc2-3)N=C1c1ccc(-c2ccc[nH]2)cc1. The van der Waals surface area contributed by atoms with Crippen molar-refractivity contribution in [3.8, 4) is 45.1 Å². The molecule has 5 nitrogen and oxygen atoms in total. The van der Waals surface area contributed by atoms with E-state index in [0.717, 1.165) is 73.2 Å². The number of aliphatic imine (C=N–C) groups is 1. The number of hydrogen-bond acceptors (Lipinski definition) is 3. The molecule has 0 saturated carbocycles. The Kier molecular flexibility index (Phi) is 6.76. The Labute approximate surface area is 313 Å². The van der Waals surface area contributed by atoms with Gasteiger partial charge in [-0.05, 0) is 87.0 Å². The van der Waals surface area contributed by atoms with Crippen LogP contribution in [0.1, 0.15) is 45.1 Å². The number of rotatable bonds is 5. The summed E-state index contributed by atoms with van der Waals surface area (Å²) >= 11 is 0. The molecule has 3 aliphatic rings. The Morgan fingerprint density at radius 1 is 0.481 bits per heavy atom. The Hall–Kier alpha value is -7.11. The van der Waals surface area contributed by atoms with Gasteiger partial charge in [0.15, 0.2) is 0 Å². The topological polar surface area (TPSA) is 65.2 Å². The molecule has 8 aromatic rings. The fraction of sp³-hybridized carbons (Fsp3) is 0.0408. The number of ether oxygens (including phenoxy) is 1. The van der Waals surface area contributed by atoms with E-state index in [1.807, 2.05) is 24.5 Å². The molecule has 4 heterocycles. The van der Waals surface area contributed by atoms with Crippen molar-refractivity contribution in [1.82, 2.24) is 15.3 Å². The lowest BCUT2D eigenvalue weighted by molar-refractivity contribution is 0.435. The van der Waals surface area contributed by atoms with E-state index in [0.29, 0.717) is 0 Å². The molecule has 11 rings (SSSR count). The van der Waals surface area contributed by atoms with Crippen LogP contribution in [0, 0.1) is 0 Å². The summed E-state index contributed by atoms with van der Waals surface area (Å²) < 4.78 is 6.65. The third-order valence-electron chi connectivity index (χ3n) is 11.2. The second-order valence-corrected chi connectivity index (χ2v) is 14.1. The predicted octanol–water partition coefficient (Wildman–Crippen LogP) is 11.3. The van der Waals surface area contributed by atoms with E-state index in [1.54, 1.807) is 0 Å². The largest absolute Gasteiger partial charge is 0.457 e. The Morgan fingerprint density at radius 3 is 1.67 bits per heavy atom. The highest BCUT2D eigenvalue weighted by Crippen LogP contribution is 2.63. The van der Waals surface area contributed by atoms with Crippen LogP contribution in [0.15, 0.2) is 187 Å². The average Bonchev–Trinajstić information content (AvgIpc) is 4.03. The third kappa shape index (κ3) is 4.55. The minimum absolute atomic E-state index is 0.380. The van der Waals surface area contributed by atoms with Gasteiger partial charge >= 0.3 is 0 Å². The minimum Gasteiger partial charge on any atom is -0.457 e. The maximum absolute atomic E-state index is 6.65. The van der Waals surface area contributed by atoms with Crippen molar-refractivity contribution in [3.63, 3.8) is 0 Å². The zero-order valence-electron chi connectivity index (χ0n) is 29.3. The normalized spacial score (nSPS) is 15.9. The van der Waals surface area contributed by atoms with Crippen molar-refractivity contribution < 1.29 is 4.74 Å². The monoisotopic (exact) mass is 694 g/mol. The number of para-hydroxylation sites is 2. The van der Waals surface area contributed by atoms with Crippen LogP contribution in [-0.2, 0) is 5.41 Å². The predicted molar refractivity (Wildman–Crippen MR) is 217 cm³/mol. The molecule has 54 heavy (non-hydrogen) atoms. The summed E-state index contributed by atoms with van der Waals surface area (Å²) in [6.07, 6.45) is 5.73. The minimum atomic E-state index is -0.609. The Morgan fingerprint density at radius 2 is 1.04 bits per heavy atom. The van der Waals surface area contributed by atoms with Gasteiger partial charge in [-0.2, -0.15) is 0 Å². The molecule has 0 fully saturated rings. The van der Waals surface area contributed by atoms with Crippen LogP contribution >= 0.6 is 0 Å². The van der Waals surface area contributed by atoms with E-state index in [9.17, 15) is 0 Å². The zero-order chi connectivity index (χ0) is 35.6. The van der Waals surface area contributed by atoms with Crippen LogP contribution in [0.3, 0.4) is 0 Å². The molecular weight excluding hydrogens is 661 g/mol. The number of benzene rings is 6. The molecule has 1 spiro atoms. The zero-order valence-corrected chi connectivity index (χ0v) is 29.3. The summed E-state index contributed by atoms with van der Waals surface area (Å²) in [7, 11) is 0. The molecule has 5 heteroatoms. The summed E-state index contributed by atoms with van der Waals surface area (Å²) in [6, 6.07) is 58.3. The van der Waals surface area contributed by atoms with Gasteiger partial charge in [0, 0.05) is 46.2 Å². The van der Waals surface area contributed by atoms with Gasteiger partial charge in [-0.3, -0.25) is 4.99 Å². The van der Waals surface area contributed by atoms with Crippen LogP contribution in [0.5, 0.6) is 11.5 Å². The molecule has 2 aromatic heterocycles. The molecular formula is C49H34N4O. The first-order valence-corrected chi connectivity index (χ1v) is 18.4. The number of allylic oxidation sites excluding steroid dienone is 1. The second kappa shape index (κ2) is 12.0. The molecule has 0 bridgehead atoms. The molecule has 1 aliphatic carbocycles. The van der Waals surface area contributed by atoms with Crippen molar-refractivity contribution >= 4 is 11.4 Å². The van der Waals surface area contributed by atoms with Crippen molar-refractivity contribution in [1.29, 1.82) is 0 Å². The smallest absolute Gasteiger partial charge is 0.145 e. The first-order valence-electron chi connectivity index (χ1n) is 18.4. The molecule has 1 unspecified atom stereocenters. The van der Waals surface area contributed by atoms with Crippen molar-refractivity contribution in [2.75, 3.05) is 0 Å². The molecule has 3 N–H and O–H groups in total. The standard InChI is InChI=1S/C49H34N4O/c1-2-13-38-35(10-1)36-11-7-12-37(47(36)49(38)39-14-3-5-18-45(39)54-46-19-6-4-15-40(46)49)48-52-43(33-24-20-31(21-25-33)41-16-8-28-50-41)30-44(53-48)34-26-22-32(23-27-34)42-17-9-29-51-42/h1-30,48,50-52H. The van der Waals surface area contributed by atoms with E-state index in [1.165, 1.54) is 22.3 Å². The van der Waals surface area contributed by atoms with Crippen LogP contribution in [0.4, 0.5) is 0 Å². The van der Waals surface area contributed by atoms with Crippen LogP contribution in [0.2, 0.25) is 0 Å². The first-order chi connectivity index (χ1) is 26.8. The number of nitrogens with one attached hydrogen (secondary N) is 3. The van der Waals surface area contributed by atoms with Gasteiger partial charge in [-0.15, -0.1) is 0 Å². The summed E-state index contributed by atoms with van der Waals surface area (Å²) in [4.78, 5) is 12.2. The third-order valence-corrected chi connectivity index (χ3v) is 11.2. The lowest BCUT2D eigenvalue weighted by atomic mass is 9.65. The van der Waals surface area contributed by atoms with E-state index < -0.39 is 5.41 Å². The maximum atomic E-state index is 6.65.